The van der Waals surface area contributed by atoms with Gasteiger partial charge in [-0.3, -0.25) is 4.79 Å². The highest BCUT2D eigenvalue weighted by Crippen LogP contribution is 2.20. The van der Waals surface area contributed by atoms with E-state index in [2.05, 4.69) is 13.5 Å². The van der Waals surface area contributed by atoms with Crippen molar-refractivity contribution < 1.29 is 13.2 Å². The number of nitrogens with one attached hydrogen (secondary N) is 1. The molecule has 22 heavy (non-hydrogen) atoms. The molecule has 1 aromatic heterocycles. The van der Waals surface area contributed by atoms with Gasteiger partial charge in [-0.25, -0.2) is 13.1 Å². The van der Waals surface area contributed by atoms with Gasteiger partial charge in [0.1, 0.15) is 15.9 Å². The number of fused-ring (bicyclic) bond motifs is 1. The van der Waals surface area contributed by atoms with Crippen LogP contribution in [-0.4, -0.2) is 47.6 Å². The van der Waals surface area contributed by atoms with Crippen LogP contribution in [0, 0.1) is 0 Å². The molecule has 1 N–H and O–H groups in total. The number of nitrogens with zero attached hydrogens (tertiary/aromatic N) is 3. The molecule has 1 aromatic carbocycles. The summed E-state index contributed by atoms with van der Waals surface area (Å²) in [4.78, 5) is 13.4. The summed E-state index contributed by atoms with van der Waals surface area (Å²) in [5.74, 6) is 0.154. The van der Waals surface area contributed by atoms with Crippen LogP contribution in [0.25, 0.3) is 11.0 Å². The average molecular weight is 340 g/mol. The van der Waals surface area contributed by atoms with Gasteiger partial charge in [-0.1, -0.05) is 6.07 Å². The summed E-state index contributed by atoms with van der Waals surface area (Å²) >= 11 is 0.992. The van der Waals surface area contributed by atoms with Gasteiger partial charge in [0.05, 0.1) is 11.7 Å². The summed E-state index contributed by atoms with van der Waals surface area (Å²) < 4.78 is 35.4. The Morgan fingerprint density at radius 2 is 2.18 bits per heavy atom. The molecule has 0 spiro atoms. The summed E-state index contributed by atoms with van der Waals surface area (Å²) in [6.07, 6.45) is 2.09. The van der Waals surface area contributed by atoms with Crippen LogP contribution in [0.2, 0.25) is 0 Å². The third-order valence-electron chi connectivity index (χ3n) is 3.61. The third kappa shape index (κ3) is 3.11. The van der Waals surface area contributed by atoms with Gasteiger partial charge in [0.2, 0.25) is 15.9 Å². The highest BCUT2D eigenvalue weighted by atomic mass is 32.2. The molecular weight excluding hydrogens is 324 g/mol. The number of benzene rings is 1. The zero-order chi connectivity index (χ0) is 15.6. The van der Waals surface area contributed by atoms with Crippen molar-refractivity contribution >= 4 is 38.7 Å². The van der Waals surface area contributed by atoms with E-state index in [9.17, 15) is 13.2 Å². The van der Waals surface area contributed by atoms with Crippen molar-refractivity contribution in [3.63, 3.8) is 0 Å². The molecule has 0 bridgehead atoms. The van der Waals surface area contributed by atoms with Crippen LogP contribution in [0.5, 0.6) is 0 Å². The highest BCUT2D eigenvalue weighted by molar-refractivity contribution is 7.89. The maximum Gasteiger partial charge on any atom is 0.242 e. The first-order chi connectivity index (χ1) is 10.6. The Hall–Kier alpha value is -1.58. The van der Waals surface area contributed by atoms with Crippen molar-refractivity contribution in [1.82, 2.24) is 18.4 Å². The standard InChI is InChI=1S/C13H16N4O3S2/c18-12-6-2-8-17(12)9-3-7-14-22(19,20)11-5-1-4-10-13(11)16-21-15-10/h1,4-5,14H,2-3,6-9H2. The summed E-state index contributed by atoms with van der Waals surface area (Å²) in [5.41, 5.74) is 0.977. The fourth-order valence-corrected chi connectivity index (χ4v) is 4.33. The summed E-state index contributed by atoms with van der Waals surface area (Å²) in [6.45, 7) is 1.65. The lowest BCUT2D eigenvalue weighted by molar-refractivity contribution is -0.127. The quantitative estimate of drug-likeness (QED) is 0.792. The van der Waals surface area contributed by atoms with E-state index in [-0.39, 0.29) is 10.8 Å². The Morgan fingerprint density at radius 3 is 2.95 bits per heavy atom. The summed E-state index contributed by atoms with van der Waals surface area (Å²) in [5, 5.41) is 0. The molecule has 1 fully saturated rings. The Bertz CT molecular complexity index is 787. The normalized spacial score (nSPS) is 15.8. The maximum atomic E-state index is 12.3. The lowest BCUT2D eigenvalue weighted by Crippen LogP contribution is -2.30. The Kier molecular flexibility index (Phi) is 4.37. The minimum absolute atomic E-state index is 0.149. The molecule has 1 aliphatic heterocycles. The van der Waals surface area contributed by atoms with Crippen LogP contribution < -0.4 is 4.72 Å². The smallest absolute Gasteiger partial charge is 0.242 e. The van der Waals surface area contributed by atoms with E-state index in [4.69, 9.17) is 0 Å². The van der Waals surface area contributed by atoms with Gasteiger partial charge < -0.3 is 4.90 Å². The van der Waals surface area contributed by atoms with Crippen molar-refractivity contribution in [2.45, 2.75) is 24.2 Å². The van der Waals surface area contributed by atoms with Crippen molar-refractivity contribution in [2.75, 3.05) is 19.6 Å². The molecule has 1 aliphatic rings. The Morgan fingerprint density at radius 1 is 1.32 bits per heavy atom. The topological polar surface area (TPSA) is 92.3 Å². The molecule has 0 unspecified atom stereocenters. The number of aromatic nitrogens is 2. The van der Waals surface area contributed by atoms with Gasteiger partial charge in [-0.2, -0.15) is 8.75 Å². The number of hydrogen-bond donors (Lipinski definition) is 1. The molecule has 2 heterocycles. The molecule has 118 valence electrons. The number of carbonyl (C=O) groups is 1. The Balaban J connectivity index is 1.61. The minimum atomic E-state index is -3.62. The number of amides is 1. The van der Waals surface area contributed by atoms with E-state index in [1.165, 1.54) is 6.07 Å². The van der Waals surface area contributed by atoms with Gasteiger partial charge in [0.15, 0.2) is 0 Å². The molecule has 0 radical (unpaired) electrons. The molecule has 2 aromatic rings. The van der Waals surface area contributed by atoms with Gasteiger partial charge in [0.25, 0.3) is 0 Å². The molecule has 3 rings (SSSR count). The lowest BCUT2D eigenvalue weighted by atomic mass is 10.3. The second-order valence-electron chi connectivity index (χ2n) is 5.12. The molecular formula is C13H16N4O3S2. The molecule has 9 heteroatoms. The summed E-state index contributed by atoms with van der Waals surface area (Å²) in [6, 6.07) is 4.91. The first-order valence-electron chi connectivity index (χ1n) is 7.07. The van der Waals surface area contributed by atoms with E-state index in [1.807, 2.05) is 0 Å². The predicted octanol–water partition coefficient (Wildman–Crippen LogP) is 0.982. The van der Waals surface area contributed by atoms with E-state index in [1.54, 1.807) is 17.0 Å². The summed E-state index contributed by atoms with van der Waals surface area (Å²) in [7, 11) is -3.62. The molecule has 0 aliphatic carbocycles. The number of sulfonamides is 1. The monoisotopic (exact) mass is 340 g/mol. The van der Waals surface area contributed by atoms with E-state index in [0.29, 0.717) is 37.0 Å². The molecule has 1 amide bonds. The largest absolute Gasteiger partial charge is 0.343 e. The van der Waals surface area contributed by atoms with Gasteiger partial charge in [0, 0.05) is 26.1 Å². The van der Waals surface area contributed by atoms with Crippen molar-refractivity contribution in [2.24, 2.45) is 0 Å². The zero-order valence-electron chi connectivity index (χ0n) is 11.9. The third-order valence-corrected chi connectivity index (χ3v) is 5.64. The first kappa shape index (κ1) is 15.3. The van der Waals surface area contributed by atoms with Crippen LogP contribution in [-0.2, 0) is 14.8 Å². The second kappa shape index (κ2) is 6.27. The lowest BCUT2D eigenvalue weighted by Gasteiger charge is -2.15. The van der Waals surface area contributed by atoms with Crippen molar-refractivity contribution in [1.29, 1.82) is 0 Å². The highest BCUT2D eigenvalue weighted by Gasteiger charge is 2.21. The average Bonchev–Trinajstić information content (AvgIpc) is 3.12. The van der Waals surface area contributed by atoms with Crippen LogP contribution >= 0.6 is 11.7 Å². The number of hydrogen-bond acceptors (Lipinski definition) is 6. The fourth-order valence-electron chi connectivity index (χ4n) is 2.49. The molecule has 7 nitrogen and oxygen atoms in total. The zero-order valence-corrected chi connectivity index (χ0v) is 13.5. The second-order valence-corrected chi connectivity index (χ2v) is 7.39. The number of carbonyl (C=O) groups excluding carboxylic acids is 1. The molecule has 0 saturated carbocycles. The minimum Gasteiger partial charge on any atom is -0.343 e. The molecule has 0 atom stereocenters. The predicted molar refractivity (Wildman–Crippen MR) is 83.0 cm³/mol. The van der Waals surface area contributed by atoms with E-state index < -0.39 is 10.0 Å². The number of rotatable bonds is 6. The maximum absolute atomic E-state index is 12.3. The Labute approximate surface area is 132 Å². The van der Waals surface area contributed by atoms with E-state index in [0.717, 1.165) is 24.7 Å². The van der Waals surface area contributed by atoms with Crippen molar-refractivity contribution in [3.8, 4) is 0 Å². The van der Waals surface area contributed by atoms with Crippen LogP contribution in [0.15, 0.2) is 23.1 Å². The van der Waals surface area contributed by atoms with Gasteiger partial charge >= 0.3 is 0 Å². The SMILES string of the molecule is O=C1CCCN1CCCNS(=O)(=O)c1cccc2nsnc12. The first-order valence-corrected chi connectivity index (χ1v) is 9.28. The van der Waals surface area contributed by atoms with Gasteiger partial charge in [-0.15, -0.1) is 0 Å². The van der Waals surface area contributed by atoms with Gasteiger partial charge in [-0.05, 0) is 25.0 Å². The van der Waals surface area contributed by atoms with E-state index >= 15 is 0 Å². The molecule has 1 saturated heterocycles. The number of likely N-dealkylation sites (tertiary alicyclic amines) is 1. The van der Waals surface area contributed by atoms with Crippen LogP contribution in [0.4, 0.5) is 0 Å². The van der Waals surface area contributed by atoms with Crippen molar-refractivity contribution in [3.05, 3.63) is 18.2 Å². The fraction of sp³-hybridized carbons (Fsp3) is 0.462. The van der Waals surface area contributed by atoms with Crippen LogP contribution in [0.1, 0.15) is 19.3 Å². The van der Waals surface area contributed by atoms with Crippen LogP contribution in [0.3, 0.4) is 0 Å².